The fourth-order valence-corrected chi connectivity index (χ4v) is 2.19. The Hall–Kier alpha value is -1.36. The molecule has 0 bridgehead atoms. The van der Waals surface area contributed by atoms with Crippen molar-refractivity contribution >= 4 is 23.2 Å². The van der Waals surface area contributed by atoms with Crippen LogP contribution in [0.5, 0.6) is 0 Å². The summed E-state index contributed by atoms with van der Waals surface area (Å²) in [5, 5.41) is 13.1. The van der Waals surface area contributed by atoms with Crippen LogP contribution in [0.1, 0.15) is 23.3 Å². The number of amides is 1. The van der Waals surface area contributed by atoms with Gasteiger partial charge in [-0.25, -0.2) is 0 Å². The fourth-order valence-electron chi connectivity index (χ4n) is 1.28. The lowest BCUT2D eigenvalue weighted by Crippen LogP contribution is -2.25. The van der Waals surface area contributed by atoms with Gasteiger partial charge in [0, 0.05) is 17.8 Å². The minimum absolute atomic E-state index is 0.0543. The van der Waals surface area contributed by atoms with Gasteiger partial charge in [-0.2, -0.15) is 0 Å². The molecule has 0 radical (unpaired) electrons. The molecule has 0 saturated heterocycles. The number of aryl methyl sites for hydroxylation is 1. The molecule has 0 aliphatic carbocycles. The van der Waals surface area contributed by atoms with E-state index in [-0.39, 0.29) is 18.7 Å². The molecular weight excluding hydrogens is 226 g/mol. The maximum atomic E-state index is 11.2. The Bertz CT molecular complexity index is 373. The first kappa shape index (κ1) is 12.7. The van der Waals surface area contributed by atoms with E-state index in [0.717, 1.165) is 6.42 Å². The van der Waals surface area contributed by atoms with Gasteiger partial charge in [0.25, 0.3) is 0 Å². The number of carboxylic acid groups (broad SMARTS) is 1. The van der Waals surface area contributed by atoms with E-state index in [9.17, 15) is 9.59 Å². The molecule has 0 aromatic carbocycles. The summed E-state index contributed by atoms with van der Waals surface area (Å²) < 4.78 is 0. The van der Waals surface area contributed by atoms with Gasteiger partial charge in [0.1, 0.15) is 0 Å². The lowest BCUT2D eigenvalue weighted by Gasteiger charge is -2.03. The Morgan fingerprint density at radius 3 is 2.75 bits per heavy atom. The van der Waals surface area contributed by atoms with Crippen LogP contribution in [-0.2, 0) is 16.0 Å². The van der Waals surface area contributed by atoms with E-state index in [1.54, 1.807) is 11.3 Å². The summed E-state index contributed by atoms with van der Waals surface area (Å²) in [5.41, 5.74) is 1.24. The van der Waals surface area contributed by atoms with Crippen LogP contribution in [0, 0.1) is 6.92 Å². The van der Waals surface area contributed by atoms with Crippen LogP contribution in [0.15, 0.2) is 11.4 Å². The first-order valence-electron chi connectivity index (χ1n) is 5.11. The van der Waals surface area contributed by atoms with Crippen molar-refractivity contribution in [3.8, 4) is 0 Å². The van der Waals surface area contributed by atoms with Gasteiger partial charge in [0.2, 0.25) is 5.91 Å². The quantitative estimate of drug-likeness (QED) is 0.794. The highest BCUT2D eigenvalue weighted by atomic mass is 32.1. The molecule has 1 aromatic rings. The van der Waals surface area contributed by atoms with Crippen molar-refractivity contribution in [1.29, 1.82) is 0 Å². The van der Waals surface area contributed by atoms with Crippen molar-refractivity contribution in [3.05, 3.63) is 21.9 Å². The van der Waals surface area contributed by atoms with E-state index < -0.39 is 5.97 Å². The zero-order valence-electron chi connectivity index (χ0n) is 9.16. The maximum absolute atomic E-state index is 11.2. The summed E-state index contributed by atoms with van der Waals surface area (Å²) in [5.74, 6) is -1.14. The lowest BCUT2D eigenvalue weighted by molar-refractivity contribution is -0.138. The summed E-state index contributed by atoms with van der Waals surface area (Å²) in [7, 11) is 0. The van der Waals surface area contributed by atoms with Gasteiger partial charge in [-0.3, -0.25) is 9.59 Å². The molecule has 0 saturated carbocycles. The van der Waals surface area contributed by atoms with Gasteiger partial charge < -0.3 is 10.4 Å². The molecule has 0 unspecified atom stereocenters. The van der Waals surface area contributed by atoms with Crippen LogP contribution in [0.4, 0.5) is 0 Å². The number of hydrogen-bond donors (Lipinski definition) is 2. The summed E-state index contributed by atoms with van der Waals surface area (Å²) in [6.45, 7) is 2.61. The van der Waals surface area contributed by atoms with Crippen LogP contribution in [0.3, 0.4) is 0 Å². The maximum Gasteiger partial charge on any atom is 0.303 e. The molecule has 16 heavy (non-hydrogen) atoms. The van der Waals surface area contributed by atoms with Gasteiger partial charge in [0.05, 0.1) is 6.42 Å². The number of nitrogens with one attached hydrogen (secondary N) is 1. The third-order valence-electron chi connectivity index (χ3n) is 2.21. The average molecular weight is 241 g/mol. The van der Waals surface area contributed by atoms with Crippen molar-refractivity contribution in [2.24, 2.45) is 0 Å². The Labute approximate surface area is 98.3 Å². The molecule has 1 heterocycles. The molecular formula is C11H15NO3S. The highest BCUT2D eigenvalue weighted by molar-refractivity contribution is 7.10. The Morgan fingerprint density at radius 2 is 2.19 bits per heavy atom. The fraction of sp³-hybridized carbons (Fsp3) is 0.455. The van der Waals surface area contributed by atoms with E-state index in [4.69, 9.17) is 5.11 Å². The van der Waals surface area contributed by atoms with Crippen LogP contribution < -0.4 is 5.32 Å². The summed E-state index contributed by atoms with van der Waals surface area (Å²) in [4.78, 5) is 22.7. The van der Waals surface area contributed by atoms with E-state index >= 15 is 0 Å². The van der Waals surface area contributed by atoms with Gasteiger partial charge in [-0.1, -0.05) is 0 Å². The van der Waals surface area contributed by atoms with Gasteiger partial charge in [0.15, 0.2) is 0 Å². The van der Waals surface area contributed by atoms with E-state index in [0.29, 0.717) is 6.54 Å². The molecule has 88 valence electrons. The van der Waals surface area contributed by atoms with E-state index in [2.05, 4.69) is 5.32 Å². The SMILES string of the molecule is Cc1ccsc1CCNC(=O)CCC(=O)O. The topological polar surface area (TPSA) is 66.4 Å². The second kappa shape index (κ2) is 6.27. The zero-order valence-corrected chi connectivity index (χ0v) is 9.97. The smallest absolute Gasteiger partial charge is 0.303 e. The van der Waals surface area contributed by atoms with Crippen molar-refractivity contribution in [2.75, 3.05) is 6.54 Å². The molecule has 1 amide bonds. The van der Waals surface area contributed by atoms with E-state index in [1.165, 1.54) is 10.4 Å². The predicted molar refractivity (Wildman–Crippen MR) is 62.6 cm³/mol. The van der Waals surface area contributed by atoms with Crippen LogP contribution in [0.2, 0.25) is 0 Å². The molecule has 0 aliphatic heterocycles. The second-order valence-electron chi connectivity index (χ2n) is 3.52. The number of aliphatic carboxylic acids is 1. The standard InChI is InChI=1S/C11H15NO3S/c1-8-5-7-16-9(8)4-6-12-10(13)2-3-11(14)15/h5,7H,2-4,6H2,1H3,(H,12,13)(H,14,15). The number of hydrogen-bond acceptors (Lipinski definition) is 3. The Kier molecular flexibility index (Phi) is 4.98. The van der Waals surface area contributed by atoms with Crippen LogP contribution in [0.25, 0.3) is 0 Å². The van der Waals surface area contributed by atoms with Crippen LogP contribution >= 0.6 is 11.3 Å². The molecule has 4 nitrogen and oxygen atoms in total. The third kappa shape index (κ3) is 4.44. The van der Waals surface area contributed by atoms with Crippen LogP contribution in [-0.4, -0.2) is 23.5 Å². The summed E-state index contributed by atoms with van der Waals surface area (Å²) in [6.07, 6.45) is 0.755. The van der Waals surface area contributed by atoms with Gasteiger partial charge in [-0.15, -0.1) is 11.3 Å². The molecule has 1 rings (SSSR count). The van der Waals surface area contributed by atoms with Crippen molar-refractivity contribution < 1.29 is 14.7 Å². The van der Waals surface area contributed by atoms with Crippen molar-refractivity contribution in [2.45, 2.75) is 26.2 Å². The average Bonchev–Trinajstić information content (AvgIpc) is 2.61. The highest BCUT2D eigenvalue weighted by Gasteiger charge is 2.05. The van der Waals surface area contributed by atoms with Crippen molar-refractivity contribution in [1.82, 2.24) is 5.32 Å². The largest absolute Gasteiger partial charge is 0.481 e. The molecule has 5 heteroatoms. The summed E-state index contributed by atoms with van der Waals surface area (Å²) in [6, 6.07) is 2.05. The minimum atomic E-state index is -0.941. The van der Waals surface area contributed by atoms with Gasteiger partial charge in [-0.05, 0) is 30.4 Å². The molecule has 0 spiro atoms. The number of carbonyl (C=O) groups excluding carboxylic acids is 1. The summed E-state index contributed by atoms with van der Waals surface area (Å²) >= 11 is 1.67. The van der Waals surface area contributed by atoms with Crippen molar-refractivity contribution in [3.63, 3.8) is 0 Å². The molecule has 2 N–H and O–H groups in total. The molecule has 0 atom stereocenters. The highest BCUT2D eigenvalue weighted by Crippen LogP contribution is 2.15. The number of carbonyl (C=O) groups is 2. The zero-order chi connectivity index (χ0) is 12.0. The molecule has 0 aliphatic rings. The normalized spacial score (nSPS) is 10.1. The number of rotatable bonds is 6. The monoisotopic (exact) mass is 241 g/mol. The molecule has 1 aromatic heterocycles. The second-order valence-corrected chi connectivity index (χ2v) is 4.52. The first-order valence-corrected chi connectivity index (χ1v) is 5.99. The molecule has 0 fully saturated rings. The Balaban J connectivity index is 2.18. The predicted octanol–water partition coefficient (Wildman–Crippen LogP) is 1.58. The Morgan fingerprint density at radius 1 is 1.44 bits per heavy atom. The minimum Gasteiger partial charge on any atom is -0.481 e. The number of carboxylic acids is 1. The number of thiophene rings is 1. The van der Waals surface area contributed by atoms with Gasteiger partial charge >= 0.3 is 5.97 Å². The first-order chi connectivity index (χ1) is 7.59. The van der Waals surface area contributed by atoms with E-state index in [1.807, 2.05) is 18.4 Å². The third-order valence-corrected chi connectivity index (χ3v) is 3.29. The lowest BCUT2D eigenvalue weighted by atomic mass is 10.2.